The molecule has 0 amide bonds. The average Bonchev–Trinajstić information content (AvgIpc) is 2.28. The lowest BCUT2D eigenvalue weighted by Crippen LogP contribution is -2.09. The zero-order chi connectivity index (χ0) is 13.5. The third kappa shape index (κ3) is 2.05. The van der Waals surface area contributed by atoms with Gasteiger partial charge in [-0.25, -0.2) is 4.98 Å². The Bertz CT molecular complexity index is 608. The minimum absolute atomic E-state index is 0.0364. The first-order valence-corrected chi connectivity index (χ1v) is 5.15. The highest BCUT2D eigenvalue weighted by Crippen LogP contribution is 2.34. The summed E-state index contributed by atoms with van der Waals surface area (Å²) in [6, 6.07) is 4.03. The van der Waals surface area contributed by atoms with E-state index in [9.17, 15) is 13.2 Å². The van der Waals surface area contributed by atoms with Gasteiger partial charge in [0.1, 0.15) is 11.4 Å². The number of hydrogen-bond donors (Lipinski definition) is 1. The molecular weight excluding hydrogens is 245 g/mol. The molecule has 2 N–H and O–H groups in total. The zero-order valence-electron chi connectivity index (χ0n) is 9.80. The van der Waals surface area contributed by atoms with Gasteiger partial charge in [-0.2, -0.15) is 13.2 Å². The lowest BCUT2D eigenvalue weighted by atomic mass is 10.1. The predicted octanol–water partition coefficient (Wildman–Crippen LogP) is 3.15. The molecule has 6 heteroatoms. The van der Waals surface area contributed by atoms with Crippen molar-refractivity contribution >= 4 is 16.6 Å². The second-order valence-electron chi connectivity index (χ2n) is 3.93. The first-order valence-electron chi connectivity index (χ1n) is 5.15. The minimum Gasteiger partial charge on any atom is -0.497 e. The molecule has 18 heavy (non-hydrogen) atoms. The van der Waals surface area contributed by atoms with Crippen LogP contribution in [0.2, 0.25) is 0 Å². The van der Waals surface area contributed by atoms with Crippen LogP contribution in [-0.2, 0) is 6.18 Å². The molecule has 0 aliphatic rings. The van der Waals surface area contributed by atoms with Gasteiger partial charge < -0.3 is 10.5 Å². The Morgan fingerprint density at radius 1 is 1.22 bits per heavy atom. The molecule has 0 saturated carbocycles. The number of fused-ring (bicyclic) bond motifs is 1. The number of methoxy groups -OCH3 is 1. The number of ether oxygens (including phenoxy) is 1. The highest BCUT2D eigenvalue weighted by molar-refractivity contribution is 5.93. The molecule has 0 unspecified atom stereocenters. The molecule has 1 aromatic heterocycles. The van der Waals surface area contributed by atoms with Crippen molar-refractivity contribution in [3.63, 3.8) is 0 Å². The number of aromatic nitrogens is 1. The summed E-state index contributed by atoms with van der Waals surface area (Å²) < 4.78 is 42.9. The third-order valence-corrected chi connectivity index (χ3v) is 2.64. The van der Waals surface area contributed by atoms with Crippen molar-refractivity contribution in [2.24, 2.45) is 0 Å². The molecule has 96 valence electrons. The fourth-order valence-electron chi connectivity index (χ4n) is 1.76. The van der Waals surface area contributed by atoms with Gasteiger partial charge in [0.05, 0.1) is 12.6 Å². The van der Waals surface area contributed by atoms with Crippen molar-refractivity contribution in [1.82, 2.24) is 4.98 Å². The summed E-state index contributed by atoms with van der Waals surface area (Å²) in [5.74, 6) is 0.535. The second kappa shape index (κ2) is 4.04. The van der Waals surface area contributed by atoms with Crippen LogP contribution in [0.25, 0.3) is 10.9 Å². The Morgan fingerprint density at radius 3 is 2.44 bits per heavy atom. The summed E-state index contributed by atoms with van der Waals surface area (Å²) in [5.41, 5.74) is 5.53. The van der Waals surface area contributed by atoms with Gasteiger partial charge in [0, 0.05) is 11.1 Å². The number of nitrogens with two attached hydrogens (primary N) is 1. The number of nitrogens with zero attached hydrogens (tertiary/aromatic N) is 1. The van der Waals surface area contributed by atoms with E-state index in [2.05, 4.69) is 4.98 Å². The van der Waals surface area contributed by atoms with E-state index in [1.54, 1.807) is 19.1 Å². The van der Waals surface area contributed by atoms with Crippen LogP contribution in [0.1, 0.15) is 11.3 Å². The maximum Gasteiger partial charge on any atom is 0.433 e. The van der Waals surface area contributed by atoms with Crippen LogP contribution in [-0.4, -0.2) is 12.1 Å². The fourth-order valence-corrected chi connectivity index (χ4v) is 1.76. The monoisotopic (exact) mass is 256 g/mol. The van der Waals surface area contributed by atoms with Gasteiger partial charge in [0.15, 0.2) is 0 Å². The number of nitrogen functional groups attached to an aromatic ring is 1. The van der Waals surface area contributed by atoms with Gasteiger partial charge >= 0.3 is 6.18 Å². The van der Waals surface area contributed by atoms with Crippen molar-refractivity contribution in [3.8, 4) is 5.75 Å². The number of aryl methyl sites for hydroxylation is 1. The molecule has 0 fully saturated rings. The number of alkyl halides is 3. The number of halogens is 3. The van der Waals surface area contributed by atoms with Crippen LogP contribution in [0.3, 0.4) is 0 Å². The van der Waals surface area contributed by atoms with Gasteiger partial charge in [-0.15, -0.1) is 0 Å². The van der Waals surface area contributed by atoms with E-state index in [0.29, 0.717) is 16.7 Å². The van der Waals surface area contributed by atoms with Crippen LogP contribution in [0, 0.1) is 6.92 Å². The summed E-state index contributed by atoms with van der Waals surface area (Å²) in [4.78, 5) is 3.62. The van der Waals surface area contributed by atoms with E-state index in [0.717, 1.165) is 6.07 Å². The number of hydrogen-bond acceptors (Lipinski definition) is 3. The molecule has 0 aliphatic carbocycles. The summed E-state index contributed by atoms with van der Waals surface area (Å²) in [5, 5.41) is 0.458. The summed E-state index contributed by atoms with van der Waals surface area (Å²) >= 11 is 0. The largest absolute Gasteiger partial charge is 0.497 e. The Kier molecular flexibility index (Phi) is 2.80. The van der Waals surface area contributed by atoms with Gasteiger partial charge in [-0.05, 0) is 30.7 Å². The Hall–Kier alpha value is -1.98. The quantitative estimate of drug-likeness (QED) is 0.852. The number of benzene rings is 1. The topological polar surface area (TPSA) is 48.1 Å². The summed E-state index contributed by atoms with van der Waals surface area (Å²) in [7, 11) is 1.48. The van der Waals surface area contributed by atoms with Crippen molar-refractivity contribution in [2.75, 3.05) is 12.8 Å². The van der Waals surface area contributed by atoms with Crippen molar-refractivity contribution in [1.29, 1.82) is 0 Å². The number of rotatable bonds is 1. The van der Waals surface area contributed by atoms with E-state index < -0.39 is 11.9 Å². The molecule has 3 nitrogen and oxygen atoms in total. The second-order valence-corrected chi connectivity index (χ2v) is 3.93. The standard InChI is InChI=1S/C12H11F3N2O/c1-6-3-7(18-2)4-8-9(16)5-10(12(13,14)15)17-11(6)8/h3-5H,1-2H3,(H2,16,17). The molecular formula is C12H11F3N2O. The molecule has 1 aromatic carbocycles. The van der Waals surface area contributed by atoms with Gasteiger partial charge in [-0.1, -0.05) is 0 Å². The predicted molar refractivity (Wildman–Crippen MR) is 62.4 cm³/mol. The van der Waals surface area contributed by atoms with Gasteiger partial charge in [-0.3, -0.25) is 0 Å². The molecule has 0 spiro atoms. The zero-order valence-corrected chi connectivity index (χ0v) is 9.80. The lowest BCUT2D eigenvalue weighted by molar-refractivity contribution is -0.140. The molecule has 2 aromatic rings. The highest BCUT2D eigenvalue weighted by atomic mass is 19.4. The van der Waals surface area contributed by atoms with Crippen LogP contribution in [0.4, 0.5) is 18.9 Å². The smallest absolute Gasteiger partial charge is 0.433 e. The van der Waals surface area contributed by atoms with Gasteiger partial charge in [0.25, 0.3) is 0 Å². The molecule has 0 atom stereocenters. The Labute approximate surface area is 101 Å². The van der Waals surface area contributed by atoms with E-state index >= 15 is 0 Å². The first kappa shape index (κ1) is 12.5. The van der Waals surface area contributed by atoms with E-state index in [1.165, 1.54) is 7.11 Å². The highest BCUT2D eigenvalue weighted by Gasteiger charge is 2.33. The molecule has 0 aliphatic heterocycles. The van der Waals surface area contributed by atoms with Gasteiger partial charge in [0.2, 0.25) is 0 Å². The maximum atomic E-state index is 12.6. The Morgan fingerprint density at radius 2 is 1.89 bits per heavy atom. The van der Waals surface area contributed by atoms with Crippen LogP contribution < -0.4 is 10.5 Å². The molecule has 0 saturated heterocycles. The summed E-state index contributed by atoms with van der Waals surface area (Å²) in [6.45, 7) is 1.66. The molecule has 2 rings (SSSR count). The van der Waals surface area contributed by atoms with Crippen LogP contribution in [0.15, 0.2) is 18.2 Å². The fraction of sp³-hybridized carbons (Fsp3) is 0.250. The normalized spacial score (nSPS) is 11.8. The number of pyridine rings is 1. The number of anilines is 1. The van der Waals surface area contributed by atoms with Crippen molar-refractivity contribution in [2.45, 2.75) is 13.1 Å². The minimum atomic E-state index is -4.51. The van der Waals surface area contributed by atoms with E-state index in [4.69, 9.17) is 10.5 Å². The maximum absolute atomic E-state index is 12.6. The molecule has 1 heterocycles. The lowest BCUT2D eigenvalue weighted by Gasteiger charge is -2.12. The first-order chi connectivity index (χ1) is 8.32. The SMILES string of the molecule is COc1cc(C)c2nc(C(F)(F)F)cc(N)c2c1. The van der Waals surface area contributed by atoms with Crippen LogP contribution >= 0.6 is 0 Å². The van der Waals surface area contributed by atoms with E-state index in [-0.39, 0.29) is 11.2 Å². The van der Waals surface area contributed by atoms with E-state index in [1.807, 2.05) is 0 Å². The summed E-state index contributed by atoms with van der Waals surface area (Å²) in [6.07, 6.45) is -4.51. The third-order valence-electron chi connectivity index (χ3n) is 2.64. The molecule has 0 bridgehead atoms. The van der Waals surface area contributed by atoms with Crippen molar-refractivity contribution < 1.29 is 17.9 Å². The Balaban J connectivity index is 2.78. The average molecular weight is 256 g/mol. The molecule has 0 radical (unpaired) electrons. The van der Waals surface area contributed by atoms with Crippen molar-refractivity contribution in [3.05, 3.63) is 29.5 Å². The van der Waals surface area contributed by atoms with Crippen LogP contribution in [0.5, 0.6) is 5.75 Å².